The van der Waals surface area contributed by atoms with Gasteiger partial charge in [0.25, 0.3) is 0 Å². The van der Waals surface area contributed by atoms with Gasteiger partial charge in [0, 0.05) is 25.3 Å². The summed E-state index contributed by atoms with van der Waals surface area (Å²) in [5.41, 5.74) is 10.1. The zero-order valence-electron chi connectivity index (χ0n) is 12.8. The lowest BCUT2D eigenvalue weighted by atomic mass is 9.97. The van der Waals surface area contributed by atoms with Crippen LogP contribution in [0.5, 0.6) is 0 Å². The van der Waals surface area contributed by atoms with E-state index in [1.54, 1.807) is 0 Å². The van der Waals surface area contributed by atoms with Crippen molar-refractivity contribution in [3.63, 3.8) is 0 Å². The third kappa shape index (κ3) is 2.58. The maximum atomic E-state index is 6.46. The number of nitrogens with zero attached hydrogens (tertiary/aromatic N) is 1. The predicted octanol–water partition coefficient (Wildman–Crippen LogP) is 3.12. The van der Waals surface area contributed by atoms with Crippen molar-refractivity contribution >= 4 is 5.69 Å². The van der Waals surface area contributed by atoms with Gasteiger partial charge in [-0.15, -0.1) is 0 Å². The molecule has 0 radical (unpaired) electrons. The van der Waals surface area contributed by atoms with E-state index in [2.05, 4.69) is 17.0 Å². The highest BCUT2D eigenvalue weighted by Gasteiger charge is 2.42. The lowest BCUT2D eigenvalue weighted by Crippen LogP contribution is -2.38. The minimum Gasteiger partial charge on any atom is -0.398 e. The van der Waals surface area contributed by atoms with Crippen LogP contribution in [0.1, 0.15) is 49.7 Å². The fraction of sp³-hybridized carbons (Fsp3) is 0.667. The maximum absolute atomic E-state index is 6.46. The summed E-state index contributed by atoms with van der Waals surface area (Å²) in [6.45, 7) is 3.25. The van der Waals surface area contributed by atoms with Crippen LogP contribution in [0.4, 0.5) is 5.69 Å². The first-order chi connectivity index (χ1) is 10.2. The molecule has 1 aromatic carbocycles. The van der Waals surface area contributed by atoms with Crippen molar-refractivity contribution in [1.29, 1.82) is 0 Å². The Kier molecular flexibility index (Phi) is 3.43. The monoisotopic (exact) mass is 286 g/mol. The Labute approximate surface area is 127 Å². The number of ether oxygens (including phenoxy) is 1. The van der Waals surface area contributed by atoms with Gasteiger partial charge in [-0.1, -0.05) is 25.0 Å². The summed E-state index contributed by atoms with van der Waals surface area (Å²) in [5.74, 6) is 0. The molecule has 114 valence electrons. The van der Waals surface area contributed by atoms with Gasteiger partial charge in [-0.2, -0.15) is 0 Å². The highest BCUT2D eigenvalue weighted by atomic mass is 16.5. The first kappa shape index (κ1) is 13.6. The van der Waals surface area contributed by atoms with Crippen molar-refractivity contribution in [2.24, 2.45) is 0 Å². The van der Waals surface area contributed by atoms with Crippen LogP contribution in [0.3, 0.4) is 0 Å². The van der Waals surface area contributed by atoms with E-state index in [0.29, 0.717) is 6.10 Å². The summed E-state index contributed by atoms with van der Waals surface area (Å²) in [6, 6.07) is 6.33. The van der Waals surface area contributed by atoms with Crippen molar-refractivity contribution in [2.75, 3.05) is 18.8 Å². The van der Waals surface area contributed by atoms with Crippen LogP contribution in [0.15, 0.2) is 18.2 Å². The molecule has 1 saturated carbocycles. The van der Waals surface area contributed by atoms with E-state index in [0.717, 1.165) is 31.7 Å². The highest BCUT2D eigenvalue weighted by Crippen LogP contribution is 2.43. The van der Waals surface area contributed by atoms with Gasteiger partial charge in [0.15, 0.2) is 0 Å². The molecule has 1 atom stereocenters. The van der Waals surface area contributed by atoms with Crippen LogP contribution in [-0.4, -0.2) is 29.7 Å². The van der Waals surface area contributed by atoms with Gasteiger partial charge >= 0.3 is 0 Å². The van der Waals surface area contributed by atoms with Gasteiger partial charge < -0.3 is 10.5 Å². The zero-order chi connectivity index (χ0) is 14.3. The molecule has 1 unspecified atom stereocenters. The number of benzene rings is 1. The minimum atomic E-state index is 0.267. The summed E-state index contributed by atoms with van der Waals surface area (Å²) in [5, 5.41) is 0. The second kappa shape index (κ2) is 5.29. The van der Waals surface area contributed by atoms with Gasteiger partial charge in [-0.25, -0.2) is 0 Å². The van der Waals surface area contributed by atoms with Crippen LogP contribution in [0, 0.1) is 0 Å². The molecule has 2 aliphatic heterocycles. The van der Waals surface area contributed by atoms with Crippen molar-refractivity contribution in [3.05, 3.63) is 29.3 Å². The molecule has 4 rings (SSSR count). The fourth-order valence-electron chi connectivity index (χ4n) is 4.55. The van der Waals surface area contributed by atoms with Crippen LogP contribution >= 0.6 is 0 Å². The molecule has 2 N–H and O–H groups in total. The first-order valence-corrected chi connectivity index (χ1v) is 8.51. The van der Waals surface area contributed by atoms with E-state index < -0.39 is 0 Å². The average molecular weight is 286 g/mol. The molecule has 0 bridgehead atoms. The number of rotatable bonds is 2. The minimum absolute atomic E-state index is 0.267. The van der Waals surface area contributed by atoms with E-state index in [1.807, 2.05) is 6.07 Å². The van der Waals surface area contributed by atoms with Gasteiger partial charge in [0.1, 0.15) is 0 Å². The number of anilines is 1. The van der Waals surface area contributed by atoms with Crippen LogP contribution in [-0.2, 0) is 17.7 Å². The zero-order valence-corrected chi connectivity index (χ0v) is 12.8. The molecule has 1 saturated heterocycles. The lowest BCUT2D eigenvalue weighted by Gasteiger charge is -2.32. The molecule has 3 heteroatoms. The van der Waals surface area contributed by atoms with Gasteiger partial charge in [-0.3, -0.25) is 4.90 Å². The Hall–Kier alpha value is -1.06. The summed E-state index contributed by atoms with van der Waals surface area (Å²) in [4.78, 5) is 2.56. The summed E-state index contributed by atoms with van der Waals surface area (Å²) >= 11 is 0. The standard InChI is InChI=1S/C18H26N2O/c19-17-5-3-4-14-12-20(11-7-16(14)17)13-15-6-10-18(21-15)8-1-2-9-18/h3-5,15H,1-2,6-13,19H2. The lowest BCUT2D eigenvalue weighted by molar-refractivity contribution is -0.0484. The van der Waals surface area contributed by atoms with E-state index >= 15 is 0 Å². The topological polar surface area (TPSA) is 38.5 Å². The number of hydrogen-bond donors (Lipinski definition) is 1. The molecule has 2 fully saturated rings. The van der Waals surface area contributed by atoms with Crippen LogP contribution < -0.4 is 5.73 Å². The molecule has 1 spiro atoms. The first-order valence-electron chi connectivity index (χ1n) is 8.51. The third-order valence-electron chi connectivity index (χ3n) is 5.70. The molecule has 3 nitrogen and oxygen atoms in total. The Bertz CT molecular complexity index is 522. The van der Waals surface area contributed by atoms with Crippen molar-refractivity contribution in [3.8, 4) is 0 Å². The molecular weight excluding hydrogens is 260 g/mol. The maximum Gasteiger partial charge on any atom is 0.0710 e. The number of nitrogens with two attached hydrogens (primary N) is 1. The Balaban J connectivity index is 1.39. The number of hydrogen-bond acceptors (Lipinski definition) is 3. The Morgan fingerprint density at radius 3 is 2.95 bits per heavy atom. The summed E-state index contributed by atoms with van der Waals surface area (Å²) in [6.07, 6.45) is 9.39. The number of fused-ring (bicyclic) bond motifs is 1. The molecule has 0 amide bonds. The molecule has 2 heterocycles. The number of nitrogen functional groups attached to an aromatic ring is 1. The largest absolute Gasteiger partial charge is 0.398 e. The quantitative estimate of drug-likeness (QED) is 0.849. The SMILES string of the molecule is Nc1cccc2c1CCN(CC1CCC3(CCCC3)O1)C2. The molecule has 1 aromatic rings. The second-order valence-electron chi connectivity index (χ2n) is 7.14. The highest BCUT2D eigenvalue weighted by molar-refractivity contribution is 5.51. The predicted molar refractivity (Wildman–Crippen MR) is 85.1 cm³/mol. The van der Waals surface area contributed by atoms with Crippen LogP contribution in [0.2, 0.25) is 0 Å². The van der Waals surface area contributed by atoms with E-state index in [4.69, 9.17) is 10.5 Å². The molecule has 1 aliphatic carbocycles. The van der Waals surface area contributed by atoms with Crippen molar-refractivity contribution in [1.82, 2.24) is 4.90 Å². The molecule has 0 aromatic heterocycles. The van der Waals surface area contributed by atoms with Gasteiger partial charge in [0.05, 0.1) is 11.7 Å². The van der Waals surface area contributed by atoms with E-state index in [1.165, 1.54) is 49.7 Å². The van der Waals surface area contributed by atoms with Gasteiger partial charge in [-0.05, 0) is 49.3 Å². The fourth-order valence-corrected chi connectivity index (χ4v) is 4.55. The van der Waals surface area contributed by atoms with Crippen LogP contribution in [0.25, 0.3) is 0 Å². The second-order valence-corrected chi connectivity index (χ2v) is 7.14. The molecular formula is C18H26N2O. The Morgan fingerprint density at radius 1 is 1.24 bits per heavy atom. The van der Waals surface area contributed by atoms with Crippen molar-refractivity contribution < 1.29 is 4.74 Å². The normalized spacial score (nSPS) is 28.1. The molecule has 3 aliphatic rings. The smallest absolute Gasteiger partial charge is 0.0710 e. The summed E-state index contributed by atoms with van der Waals surface area (Å²) in [7, 11) is 0. The third-order valence-corrected chi connectivity index (χ3v) is 5.70. The summed E-state index contributed by atoms with van der Waals surface area (Å²) < 4.78 is 6.46. The van der Waals surface area contributed by atoms with Crippen molar-refractivity contribution in [2.45, 2.75) is 63.2 Å². The molecule has 21 heavy (non-hydrogen) atoms. The Morgan fingerprint density at radius 2 is 2.10 bits per heavy atom. The van der Waals surface area contributed by atoms with E-state index in [9.17, 15) is 0 Å². The van der Waals surface area contributed by atoms with E-state index in [-0.39, 0.29) is 5.60 Å². The average Bonchev–Trinajstić information content (AvgIpc) is 3.10. The van der Waals surface area contributed by atoms with Gasteiger partial charge in [0.2, 0.25) is 0 Å².